The third-order valence-electron chi connectivity index (χ3n) is 6.18. The topological polar surface area (TPSA) is 17.1 Å². The molecular weight excluding hydrogens is 423 g/mol. The number of hydrogen-bond acceptors (Lipinski definition) is 1. The average Bonchev–Trinajstić information content (AvgIpc) is 2.80. The second-order valence-electron chi connectivity index (χ2n) is 7.90. The zero-order valence-corrected chi connectivity index (χ0v) is 17.9. The van der Waals surface area contributed by atoms with E-state index in [-0.39, 0.29) is 5.78 Å². The number of benzene rings is 5. The van der Waals surface area contributed by atoms with Gasteiger partial charge in [0, 0.05) is 22.3 Å². The Morgan fingerprint density at radius 3 is 1.97 bits per heavy atom. The normalized spacial score (nSPS) is 14.5. The van der Waals surface area contributed by atoms with Gasteiger partial charge >= 0.3 is 0 Å². The third-order valence-corrected chi connectivity index (χ3v) is 6.99. The molecule has 0 bridgehead atoms. The van der Waals surface area contributed by atoms with E-state index < -0.39 is 4.33 Å². The SMILES string of the molecule is O=C1c2ccccc2C(Cl)(Cl)c2cccc(-c3cccc4cc5ccccc5cc34)c21. The summed E-state index contributed by atoms with van der Waals surface area (Å²) in [4.78, 5) is 13.6. The Morgan fingerprint density at radius 2 is 1.13 bits per heavy atom. The molecular formula is C28H16Cl2O. The molecule has 0 aliphatic heterocycles. The lowest BCUT2D eigenvalue weighted by Gasteiger charge is -2.31. The molecule has 5 aromatic carbocycles. The summed E-state index contributed by atoms with van der Waals surface area (Å²) in [6.07, 6.45) is 0. The second-order valence-corrected chi connectivity index (χ2v) is 9.23. The monoisotopic (exact) mass is 438 g/mol. The van der Waals surface area contributed by atoms with Gasteiger partial charge in [0.1, 0.15) is 0 Å². The molecule has 0 heterocycles. The van der Waals surface area contributed by atoms with Crippen molar-refractivity contribution in [2.75, 3.05) is 0 Å². The summed E-state index contributed by atoms with van der Waals surface area (Å²) >= 11 is 13.7. The number of rotatable bonds is 1. The highest BCUT2D eigenvalue weighted by Crippen LogP contribution is 2.50. The fourth-order valence-electron chi connectivity index (χ4n) is 4.72. The van der Waals surface area contributed by atoms with Crippen molar-refractivity contribution < 1.29 is 4.79 Å². The van der Waals surface area contributed by atoms with Crippen molar-refractivity contribution in [2.24, 2.45) is 0 Å². The van der Waals surface area contributed by atoms with E-state index in [1.54, 1.807) is 6.07 Å². The zero-order chi connectivity index (χ0) is 21.2. The van der Waals surface area contributed by atoms with Crippen molar-refractivity contribution in [3.63, 3.8) is 0 Å². The molecule has 31 heavy (non-hydrogen) atoms. The maximum atomic E-state index is 13.6. The standard InChI is InChI=1S/C28H16Cl2O/c29-28(30)24-13-4-3-10-22(24)27(31)26-21(12-6-14-25(26)28)20-11-5-9-19-15-17-7-1-2-8-18(17)16-23(19)20/h1-16H. The van der Waals surface area contributed by atoms with E-state index in [0.717, 1.165) is 27.3 Å². The molecule has 0 aromatic heterocycles. The van der Waals surface area contributed by atoms with Crippen LogP contribution in [0.5, 0.6) is 0 Å². The molecule has 0 saturated heterocycles. The molecule has 0 atom stereocenters. The number of fused-ring (bicyclic) bond motifs is 4. The highest BCUT2D eigenvalue weighted by Gasteiger charge is 2.42. The van der Waals surface area contributed by atoms with Crippen LogP contribution in [0.4, 0.5) is 0 Å². The number of ketones is 1. The van der Waals surface area contributed by atoms with Crippen molar-refractivity contribution in [1.82, 2.24) is 0 Å². The minimum atomic E-state index is -1.28. The largest absolute Gasteiger partial charge is 0.289 e. The van der Waals surface area contributed by atoms with Crippen LogP contribution in [-0.2, 0) is 4.33 Å². The molecule has 148 valence electrons. The molecule has 0 amide bonds. The molecule has 0 N–H and O–H groups in total. The Bertz CT molecular complexity index is 1530. The van der Waals surface area contributed by atoms with Gasteiger partial charge in [0.15, 0.2) is 10.1 Å². The Labute approximate surface area is 189 Å². The van der Waals surface area contributed by atoms with Gasteiger partial charge in [0.25, 0.3) is 0 Å². The van der Waals surface area contributed by atoms with Crippen molar-refractivity contribution >= 4 is 50.5 Å². The number of carbonyl (C=O) groups excluding carboxylic acids is 1. The van der Waals surface area contributed by atoms with E-state index in [9.17, 15) is 4.79 Å². The quantitative estimate of drug-likeness (QED) is 0.192. The highest BCUT2D eigenvalue weighted by atomic mass is 35.5. The molecule has 0 radical (unpaired) electrons. The minimum absolute atomic E-state index is 0.0454. The van der Waals surface area contributed by atoms with Gasteiger partial charge in [0.2, 0.25) is 0 Å². The van der Waals surface area contributed by atoms with Crippen LogP contribution in [0.15, 0.2) is 97.1 Å². The lowest BCUT2D eigenvalue weighted by molar-refractivity contribution is 0.103. The van der Waals surface area contributed by atoms with Crippen LogP contribution >= 0.6 is 23.2 Å². The van der Waals surface area contributed by atoms with Crippen molar-refractivity contribution in [1.29, 1.82) is 0 Å². The van der Waals surface area contributed by atoms with Gasteiger partial charge in [-0.25, -0.2) is 0 Å². The lowest BCUT2D eigenvalue weighted by Crippen LogP contribution is -2.27. The predicted molar refractivity (Wildman–Crippen MR) is 129 cm³/mol. The average molecular weight is 439 g/mol. The molecule has 0 fully saturated rings. The number of hydrogen-bond donors (Lipinski definition) is 0. The molecule has 0 saturated carbocycles. The lowest BCUT2D eigenvalue weighted by atomic mass is 9.80. The smallest absolute Gasteiger partial charge is 0.194 e. The van der Waals surface area contributed by atoms with Crippen LogP contribution in [0.1, 0.15) is 27.0 Å². The summed E-state index contributed by atoms with van der Waals surface area (Å²) in [5, 5.41) is 4.57. The Morgan fingerprint density at radius 1 is 0.548 bits per heavy atom. The van der Waals surface area contributed by atoms with Crippen molar-refractivity contribution in [2.45, 2.75) is 4.33 Å². The van der Waals surface area contributed by atoms with Crippen LogP contribution in [0.2, 0.25) is 0 Å². The highest BCUT2D eigenvalue weighted by molar-refractivity contribution is 6.51. The van der Waals surface area contributed by atoms with Gasteiger partial charge in [-0.15, -0.1) is 0 Å². The molecule has 0 spiro atoms. The summed E-state index contributed by atoms with van der Waals surface area (Å²) in [5.74, 6) is -0.0454. The summed E-state index contributed by atoms with van der Waals surface area (Å²) in [7, 11) is 0. The number of carbonyl (C=O) groups is 1. The first kappa shape index (κ1) is 18.6. The predicted octanol–water partition coefficient (Wildman–Crippen LogP) is 7.88. The minimum Gasteiger partial charge on any atom is -0.289 e. The van der Waals surface area contributed by atoms with Crippen LogP contribution < -0.4 is 0 Å². The third kappa shape index (κ3) is 2.67. The summed E-state index contributed by atoms with van der Waals surface area (Å²) in [5.41, 5.74) is 4.25. The van der Waals surface area contributed by atoms with Gasteiger partial charge in [-0.2, -0.15) is 0 Å². The fourth-order valence-corrected chi connectivity index (χ4v) is 5.36. The molecule has 0 unspecified atom stereocenters. The zero-order valence-electron chi connectivity index (χ0n) is 16.4. The van der Waals surface area contributed by atoms with E-state index in [4.69, 9.17) is 23.2 Å². The molecule has 1 aliphatic rings. The van der Waals surface area contributed by atoms with Crippen LogP contribution in [-0.4, -0.2) is 5.78 Å². The molecule has 5 aromatic rings. The van der Waals surface area contributed by atoms with Crippen molar-refractivity contribution in [3.05, 3.63) is 119 Å². The van der Waals surface area contributed by atoms with E-state index in [2.05, 4.69) is 36.4 Å². The van der Waals surface area contributed by atoms with Crippen molar-refractivity contribution in [3.8, 4) is 11.1 Å². The maximum absolute atomic E-state index is 13.6. The van der Waals surface area contributed by atoms with Gasteiger partial charge in [-0.3, -0.25) is 4.79 Å². The molecule has 3 heteroatoms. The summed E-state index contributed by atoms with van der Waals surface area (Å²) < 4.78 is -1.28. The van der Waals surface area contributed by atoms with E-state index in [0.29, 0.717) is 22.3 Å². The van der Waals surface area contributed by atoms with E-state index in [1.807, 2.05) is 54.6 Å². The Kier molecular flexibility index (Phi) is 4.02. The summed E-state index contributed by atoms with van der Waals surface area (Å²) in [6.45, 7) is 0. The first-order valence-corrected chi connectivity index (χ1v) is 10.9. The Hall–Kier alpha value is -3.13. The van der Waals surface area contributed by atoms with Crippen LogP contribution in [0.3, 0.4) is 0 Å². The van der Waals surface area contributed by atoms with E-state index >= 15 is 0 Å². The number of halogens is 2. The second kappa shape index (κ2) is 6.68. The Balaban J connectivity index is 1.68. The summed E-state index contributed by atoms with van der Waals surface area (Å²) in [6, 6.07) is 32.0. The fraction of sp³-hybridized carbons (Fsp3) is 0.0357. The van der Waals surface area contributed by atoms with Crippen LogP contribution in [0.25, 0.3) is 32.7 Å². The molecule has 6 rings (SSSR count). The number of alkyl halides is 2. The molecule has 1 aliphatic carbocycles. The van der Waals surface area contributed by atoms with Gasteiger partial charge in [-0.1, -0.05) is 108 Å². The van der Waals surface area contributed by atoms with E-state index in [1.165, 1.54) is 5.39 Å². The van der Waals surface area contributed by atoms with Gasteiger partial charge in [-0.05, 0) is 44.8 Å². The first-order chi connectivity index (χ1) is 15.1. The molecule has 1 nitrogen and oxygen atoms in total. The first-order valence-electron chi connectivity index (χ1n) is 10.1. The van der Waals surface area contributed by atoms with Gasteiger partial charge in [0.05, 0.1) is 0 Å². The maximum Gasteiger partial charge on any atom is 0.194 e. The van der Waals surface area contributed by atoms with Crippen LogP contribution in [0, 0.1) is 0 Å². The van der Waals surface area contributed by atoms with Gasteiger partial charge < -0.3 is 0 Å².